The van der Waals surface area contributed by atoms with Crippen LogP contribution in [0, 0.1) is 20.8 Å². The van der Waals surface area contributed by atoms with E-state index in [0.29, 0.717) is 6.04 Å². The van der Waals surface area contributed by atoms with Crippen molar-refractivity contribution in [2.45, 2.75) is 40.0 Å². The lowest BCUT2D eigenvalue weighted by atomic mass is 9.73. The molecule has 0 aliphatic carbocycles. The van der Waals surface area contributed by atoms with E-state index in [0.717, 1.165) is 73.4 Å². The van der Waals surface area contributed by atoms with Crippen molar-refractivity contribution in [2.75, 3.05) is 15.1 Å². The van der Waals surface area contributed by atoms with E-state index in [1.54, 1.807) is 12.3 Å². The summed E-state index contributed by atoms with van der Waals surface area (Å²) in [6.07, 6.45) is 1.72. The lowest BCUT2D eigenvalue weighted by Crippen LogP contribution is -2.30. The molecule has 55 heavy (non-hydrogen) atoms. The summed E-state index contributed by atoms with van der Waals surface area (Å²) in [6, 6.07) is 49.7. The second-order valence-electron chi connectivity index (χ2n) is 15.3. The first-order valence-corrected chi connectivity index (χ1v) is 18.9. The van der Waals surface area contributed by atoms with Crippen LogP contribution in [-0.2, 0) is 5.41 Å². The average molecular weight is 713 g/mol. The predicted octanol–water partition coefficient (Wildman–Crippen LogP) is 13.5. The summed E-state index contributed by atoms with van der Waals surface area (Å²) in [5, 5.41) is 4.94. The third-order valence-electron chi connectivity index (χ3n) is 11.4. The third-order valence-corrected chi connectivity index (χ3v) is 11.4. The molecule has 2 aromatic heterocycles. The molecule has 0 amide bonds. The molecule has 0 unspecified atom stereocenters. The number of nitrogens with zero attached hydrogens (tertiary/aromatic N) is 4. The zero-order valence-corrected chi connectivity index (χ0v) is 31.6. The Balaban J connectivity index is 1.23. The number of fused-ring (bicyclic) bond motifs is 6. The zero-order chi connectivity index (χ0) is 38.3. The summed E-state index contributed by atoms with van der Waals surface area (Å²) < 4.78 is 8.48. The van der Waals surface area contributed by atoms with Crippen molar-refractivity contribution in [2.24, 2.45) is 0 Å². The molecule has 0 fully saturated rings. The van der Waals surface area contributed by atoms with Gasteiger partial charge in [-0.05, 0) is 121 Å². The number of benzene rings is 6. The molecule has 5 nitrogen and oxygen atoms in total. The Morgan fingerprint density at radius 1 is 0.636 bits per heavy atom. The Kier molecular flexibility index (Phi) is 7.18. The van der Waals surface area contributed by atoms with E-state index in [9.17, 15) is 0 Å². The maximum atomic E-state index is 8.48. The number of para-hydroxylation sites is 4. The van der Waals surface area contributed by atoms with Crippen molar-refractivity contribution >= 4 is 56.5 Å². The number of nitrogens with one attached hydrogen (secondary N) is 1. The second-order valence-corrected chi connectivity index (χ2v) is 15.3. The molecule has 10 rings (SSSR count). The number of pyridine rings is 2. The molecule has 0 saturated heterocycles. The normalized spacial score (nSPS) is 14.0. The fourth-order valence-electron chi connectivity index (χ4n) is 9.00. The fraction of sp³-hybridized carbons (Fsp3) is 0.120. The van der Waals surface area contributed by atoms with E-state index in [4.69, 9.17) is 11.3 Å². The van der Waals surface area contributed by atoms with Crippen LogP contribution < -0.4 is 15.1 Å². The number of hydrogen-bond donors (Lipinski definition) is 1. The Labute approximate surface area is 324 Å². The van der Waals surface area contributed by atoms with E-state index >= 15 is 0 Å². The maximum Gasteiger partial charge on any atom is 0.137 e. The maximum absolute atomic E-state index is 8.48. The Hall–Kier alpha value is -6.72. The molecule has 266 valence electrons. The number of aryl methyl sites for hydroxylation is 3. The molecule has 6 aromatic carbocycles. The van der Waals surface area contributed by atoms with E-state index < -0.39 is 0 Å². The molecular weight excluding hydrogens is 671 g/mol. The molecular formula is C50H41N5. The highest BCUT2D eigenvalue weighted by Crippen LogP contribution is 2.54. The second kappa shape index (κ2) is 12.4. The highest BCUT2D eigenvalue weighted by molar-refractivity contribution is 6.13. The quantitative estimate of drug-likeness (QED) is 0.197. The zero-order valence-electron chi connectivity index (χ0n) is 32.6. The van der Waals surface area contributed by atoms with Crippen LogP contribution in [0.1, 0.15) is 43.0 Å². The van der Waals surface area contributed by atoms with Crippen LogP contribution in [0.25, 0.3) is 33.3 Å². The van der Waals surface area contributed by atoms with Gasteiger partial charge in [-0.1, -0.05) is 98.2 Å². The lowest BCUT2D eigenvalue weighted by molar-refractivity contribution is 0.631. The van der Waals surface area contributed by atoms with Crippen LogP contribution >= 0.6 is 0 Å². The first-order chi connectivity index (χ1) is 27.2. The summed E-state index contributed by atoms with van der Waals surface area (Å²) in [7, 11) is 0. The summed E-state index contributed by atoms with van der Waals surface area (Å²) in [4.78, 5) is 15.0. The Morgan fingerprint density at radius 3 is 2.16 bits per heavy atom. The third kappa shape index (κ3) is 5.14. The molecule has 2 aliphatic heterocycles. The Bertz CT molecular complexity index is 2860. The van der Waals surface area contributed by atoms with Crippen molar-refractivity contribution in [3.63, 3.8) is 0 Å². The van der Waals surface area contributed by atoms with E-state index in [1.165, 1.54) is 33.4 Å². The molecule has 0 bridgehead atoms. The topological polar surface area (TPSA) is 44.3 Å². The van der Waals surface area contributed by atoms with Gasteiger partial charge in [-0.2, -0.15) is 0 Å². The van der Waals surface area contributed by atoms with E-state index in [1.807, 2.05) is 6.07 Å². The van der Waals surface area contributed by atoms with Gasteiger partial charge in [-0.15, -0.1) is 0 Å². The van der Waals surface area contributed by atoms with Gasteiger partial charge < -0.3 is 10.2 Å². The van der Waals surface area contributed by atoms with Crippen LogP contribution in [0.5, 0.6) is 0 Å². The minimum atomic E-state index is -0.258. The highest BCUT2D eigenvalue weighted by atomic mass is 15.2. The molecule has 0 spiro atoms. The van der Waals surface area contributed by atoms with Gasteiger partial charge in [-0.25, -0.2) is 9.97 Å². The molecule has 8 aromatic rings. The summed E-state index contributed by atoms with van der Waals surface area (Å²) in [6.45, 7) is 11.2. The summed E-state index contributed by atoms with van der Waals surface area (Å²) in [5.41, 5.74) is 18.4. The minimum absolute atomic E-state index is 0.258. The lowest BCUT2D eigenvalue weighted by Gasteiger charge is -2.41. The fourth-order valence-corrected chi connectivity index (χ4v) is 9.00. The average Bonchev–Trinajstić information content (AvgIpc) is 3.20. The van der Waals surface area contributed by atoms with Crippen molar-refractivity contribution in [1.82, 2.24) is 9.97 Å². The van der Waals surface area contributed by atoms with Gasteiger partial charge in [0.05, 0.1) is 46.7 Å². The number of rotatable bonds is 4. The molecule has 4 heterocycles. The van der Waals surface area contributed by atoms with Gasteiger partial charge in [0.25, 0.3) is 0 Å². The van der Waals surface area contributed by atoms with Crippen LogP contribution in [-0.4, -0.2) is 9.97 Å². The number of aromatic nitrogens is 2. The molecule has 0 radical (unpaired) electrons. The highest BCUT2D eigenvalue weighted by Gasteiger charge is 2.37. The van der Waals surface area contributed by atoms with Crippen molar-refractivity contribution in [1.29, 1.82) is 0 Å². The van der Waals surface area contributed by atoms with Crippen molar-refractivity contribution < 1.29 is 1.37 Å². The van der Waals surface area contributed by atoms with E-state index in [2.05, 4.69) is 177 Å². The summed E-state index contributed by atoms with van der Waals surface area (Å²) in [5.74, 6) is 0.719. The van der Waals surface area contributed by atoms with Crippen LogP contribution in [0.15, 0.2) is 152 Å². The van der Waals surface area contributed by atoms with Crippen LogP contribution in [0.4, 0.5) is 45.6 Å². The molecule has 1 N–H and O–H groups in total. The van der Waals surface area contributed by atoms with Gasteiger partial charge >= 0.3 is 0 Å². The predicted molar refractivity (Wildman–Crippen MR) is 229 cm³/mol. The van der Waals surface area contributed by atoms with Gasteiger partial charge in [0, 0.05) is 28.2 Å². The minimum Gasteiger partial charge on any atom is -0.350 e. The first kappa shape index (κ1) is 31.8. The Morgan fingerprint density at radius 2 is 1.36 bits per heavy atom. The molecule has 0 atom stereocenters. The van der Waals surface area contributed by atoms with Gasteiger partial charge in [-0.3, -0.25) is 4.90 Å². The van der Waals surface area contributed by atoms with Crippen LogP contribution in [0.3, 0.4) is 0 Å². The van der Waals surface area contributed by atoms with E-state index in [-0.39, 0.29) is 5.41 Å². The van der Waals surface area contributed by atoms with Crippen molar-refractivity contribution in [3.05, 3.63) is 180 Å². The van der Waals surface area contributed by atoms with Gasteiger partial charge in [0.1, 0.15) is 5.82 Å². The van der Waals surface area contributed by atoms with Gasteiger partial charge in [0.15, 0.2) is 0 Å². The SMILES string of the molecule is [2H]c1ccnc(N2c3ccccc3C(C)(C)c3ccc(-c4ccc5c(-c6c(C)cc(C)cc6C)cc6c(c5n4)Nc4ccccc4N6c4ccccc4)cc32)c1. The summed E-state index contributed by atoms with van der Waals surface area (Å²) >= 11 is 0. The van der Waals surface area contributed by atoms with Crippen molar-refractivity contribution in [3.8, 4) is 22.4 Å². The smallest absolute Gasteiger partial charge is 0.137 e. The number of anilines is 8. The molecule has 2 aliphatic rings. The monoisotopic (exact) mass is 712 g/mol. The first-order valence-electron chi connectivity index (χ1n) is 19.4. The largest absolute Gasteiger partial charge is 0.350 e. The number of hydrogen-bond acceptors (Lipinski definition) is 5. The van der Waals surface area contributed by atoms with Gasteiger partial charge in [0.2, 0.25) is 0 Å². The standard InChI is InChI=1S/C50H41N5/c1-31-27-32(2)47(33(3)28-31)37-30-45-49(53-41-18-10-12-20-43(41)54(45)35-15-7-6-8-16-35)48-36(37)23-25-40(52-48)34-22-24-39-44(29-34)55(46-21-13-14-26-51-46)42-19-11-9-17-38(42)50(39,4)5/h6-30,53H,1-5H3/i13D. The van der Waals surface area contributed by atoms with Crippen LogP contribution in [0.2, 0.25) is 0 Å². The molecule has 5 heteroatoms. The molecule has 0 saturated carbocycles.